The standard InChI is InChI=1S/C17H29ClN2O/c1-13(2)12-20(14(3)4)17-7-6-15(10-16(17)18)11-19-8-9-21-5/h6-7,10,13-14,19H,8-9,11-12H2,1-5H3. The van der Waals surface area contributed by atoms with Gasteiger partial charge in [-0.15, -0.1) is 0 Å². The molecule has 0 radical (unpaired) electrons. The average molecular weight is 313 g/mol. The van der Waals surface area contributed by atoms with Gasteiger partial charge in [0.1, 0.15) is 0 Å². The number of ether oxygens (including phenoxy) is 1. The Labute approximate surface area is 134 Å². The number of hydrogen-bond donors (Lipinski definition) is 1. The maximum atomic E-state index is 6.50. The van der Waals surface area contributed by atoms with E-state index in [1.807, 2.05) is 0 Å². The Balaban J connectivity index is 2.75. The van der Waals surface area contributed by atoms with Crippen molar-refractivity contribution in [2.45, 2.75) is 40.3 Å². The summed E-state index contributed by atoms with van der Waals surface area (Å²) in [5, 5.41) is 4.17. The first-order chi connectivity index (χ1) is 9.95. The lowest BCUT2D eigenvalue weighted by molar-refractivity contribution is 0.199. The molecule has 0 fully saturated rings. The van der Waals surface area contributed by atoms with E-state index in [2.05, 4.69) is 56.1 Å². The molecule has 4 heteroatoms. The maximum absolute atomic E-state index is 6.50. The SMILES string of the molecule is COCCNCc1ccc(N(CC(C)C)C(C)C)c(Cl)c1. The Kier molecular flexibility index (Phi) is 8.09. The van der Waals surface area contributed by atoms with E-state index >= 15 is 0 Å². The Hall–Kier alpha value is -0.770. The number of nitrogens with one attached hydrogen (secondary N) is 1. The van der Waals surface area contributed by atoms with Gasteiger partial charge in [0, 0.05) is 32.8 Å². The minimum atomic E-state index is 0.440. The van der Waals surface area contributed by atoms with Crippen molar-refractivity contribution < 1.29 is 4.74 Å². The summed E-state index contributed by atoms with van der Waals surface area (Å²) in [7, 11) is 1.71. The molecule has 0 bridgehead atoms. The number of methoxy groups -OCH3 is 1. The van der Waals surface area contributed by atoms with Crippen molar-refractivity contribution in [1.82, 2.24) is 5.32 Å². The highest BCUT2D eigenvalue weighted by atomic mass is 35.5. The predicted octanol–water partition coefficient (Wildman–Crippen LogP) is 3.95. The van der Waals surface area contributed by atoms with E-state index in [4.69, 9.17) is 16.3 Å². The van der Waals surface area contributed by atoms with Crippen molar-refractivity contribution in [2.75, 3.05) is 31.7 Å². The first-order valence-corrected chi connectivity index (χ1v) is 8.08. The lowest BCUT2D eigenvalue weighted by Gasteiger charge is -2.31. The molecular formula is C17H29ClN2O. The smallest absolute Gasteiger partial charge is 0.0642 e. The third-order valence-electron chi connectivity index (χ3n) is 3.32. The van der Waals surface area contributed by atoms with E-state index in [1.54, 1.807) is 7.11 Å². The molecule has 1 rings (SSSR count). The average Bonchev–Trinajstić information content (AvgIpc) is 2.41. The quantitative estimate of drug-likeness (QED) is 0.699. The Morgan fingerprint density at radius 1 is 1.24 bits per heavy atom. The van der Waals surface area contributed by atoms with Crippen molar-refractivity contribution in [2.24, 2.45) is 5.92 Å². The Morgan fingerprint density at radius 2 is 1.95 bits per heavy atom. The second-order valence-electron chi connectivity index (χ2n) is 6.10. The summed E-state index contributed by atoms with van der Waals surface area (Å²) in [6.07, 6.45) is 0. The zero-order valence-corrected chi connectivity index (χ0v) is 14.7. The highest BCUT2D eigenvalue weighted by molar-refractivity contribution is 6.33. The van der Waals surface area contributed by atoms with Crippen molar-refractivity contribution in [3.8, 4) is 0 Å². The normalized spacial score (nSPS) is 11.4. The van der Waals surface area contributed by atoms with Crippen LogP contribution >= 0.6 is 11.6 Å². The predicted molar refractivity (Wildman–Crippen MR) is 92.4 cm³/mol. The van der Waals surface area contributed by atoms with Crippen LogP contribution < -0.4 is 10.2 Å². The summed E-state index contributed by atoms with van der Waals surface area (Å²) in [5.41, 5.74) is 2.33. The lowest BCUT2D eigenvalue weighted by Crippen LogP contribution is -2.34. The van der Waals surface area contributed by atoms with Gasteiger partial charge in [-0.3, -0.25) is 0 Å². The van der Waals surface area contributed by atoms with Gasteiger partial charge in [0.2, 0.25) is 0 Å². The fraction of sp³-hybridized carbons (Fsp3) is 0.647. The maximum Gasteiger partial charge on any atom is 0.0642 e. The third kappa shape index (κ3) is 6.25. The van der Waals surface area contributed by atoms with E-state index in [0.29, 0.717) is 12.0 Å². The van der Waals surface area contributed by atoms with Crippen LogP contribution in [0.5, 0.6) is 0 Å². The van der Waals surface area contributed by atoms with Crippen LogP contribution in [-0.4, -0.2) is 32.8 Å². The Bertz CT molecular complexity index is 421. The van der Waals surface area contributed by atoms with Gasteiger partial charge in [0.05, 0.1) is 17.3 Å². The van der Waals surface area contributed by atoms with Crippen LogP contribution in [0.15, 0.2) is 18.2 Å². The largest absolute Gasteiger partial charge is 0.383 e. The monoisotopic (exact) mass is 312 g/mol. The van der Waals surface area contributed by atoms with E-state index in [9.17, 15) is 0 Å². The van der Waals surface area contributed by atoms with Gasteiger partial charge >= 0.3 is 0 Å². The molecule has 0 unspecified atom stereocenters. The number of nitrogens with zero attached hydrogens (tertiary/aromatic N) is 1. The van der Waals surface area contributed by atoms with Gasteiger partial charge < -0.3 is 15.0 Å². The molecule has 0 aliphatic carbocycles. The first kappa shape index (κ1) is 18.3. The van der Waals surface area contributed by atoms with Crippen LogP contribution in [0.25, 0.3) is 0 Å². The van der Waals surface area contributed by atoms with Gasteiger partial charge in [0.25, 0.3) is 0 Å². The summed E-state index contributed by atoms with van der Waals surface area (Å²) >= 11 is 6.50. The van der Waals surface area contributed by atoms with Gasteiger partial charge in [-0.1, -0.05) is 31.5 Å². The van der Waals surface area contributed by atoms with Crippen LogP contribution in [-0.2, 0) is 11.3 Å². The minimum Gasteiger partial charge on any atom is -0.383 e. The molecule has 0 saturated heterocycles. The molecule has 1 aromatic carbocycles. The highest BCUT2D eigenvalue weighted by Crippen LogP contribution is 2.29. The zero-order valence-electron chi connectivity index (χ0n) is 13.9. The summed E-state index contributed by atoms with van der Waals surface area (Å²) in [6, 6.07) is 6.79. The molecule has 1 aromatic rings. The molecule has 0 aromatic heterocycles. The first-order valence-electron chi connectivity index (χ1n) is 7.70. The third-order valence-corrected chi connectivity index (χ3v) is 3.62. The second-order valence-corrected chi connectivity index (χ2v) is 6.50. The Morgan fingerprint density at radius 3 is 2.48 bits per heavy atom. The number of hydrogen-bond acceptors (Lipinski definition) is 3. The van der Waals surface area contributed by atoms with Crippen LogP contribution in [0.3, 0.4) is 0 Å². The van der Waals surface area contributed by atoms with Gasteiger partial charge in [-0.25, -0.2) is 0 Å². The van der Waals surface area contributed by atoms with Crippen LogP contribution in [0.1, 0.15) is 33.3 Å². The minimum absolute atomic E-state index is 0.440. The molecule has 1 N–H and O–H groups in total. The molecule has 0 aliphatic heterocycles. The fourth-order valence-electron chi connectivity index (χ4n) is 2.28. The van der Waals surface area contributed by atoms with Crippen molar-refractivity contribution in [1.29, 1.82) is 0 Å². The van der Waals surface area contributed by atoms with Crippen molar-refractivity contribution in [3.63, 3.8) is 0 Å². The molecule has 0 heterocycles. The van der Waals surface area contributed by atoms with Crippen LogP contribution in [0.4, 0.5) is 5.69 Å². The van der Waals surface area contributed by atoms with Gasteiger partial charge in [-0.05, 0) is 37.5 Å². The molecule has 21 heavy (non-hydrogen) atoms. The molecule has 0 aliphatic rings. The molecule has 0 saturated carbocycles. The lowest BCUT2D eigenvalue weighted by atomic mass is 10.1. The summed E-state index contributed by atoms with van der Waals surface area (Å²) in [5.74, 6) is 0.610. The van der Waals surface area contributed by atoms with Gasteiger partial charge in [-0.2, -0.15) is 0 Å². The molecule has 0 amide bonds. The van der Waals surface area contributed by atoms with Crippen LogP contribution in [0.2, 0.25) is 5.02 Å². The van der Waals surface area contributed by atoms with E-state index < -0.39 is 0 Å². The molecule has 0 spiro atoms. The molecular weight excluding hydrogens is 284 g/mol. The molecule has 3 nitrogen and oxygen atoms in total. The number of rotatable bonds is 9. The van der Waals surface area contributed by atoms with Gasteiger partial charge in [0.15, 0.2) is 0 Å². The number of halogens is 1. The van der Waals surface area contributed by atoms with Crippen LogP contribution in [0, 0.1) is 5.92 Å². The summed E-state index contributed by atoms with van der Waals surface area (Å²) in [4.78, 5) is 2.37. The van der Waals surface area contributed by atoms with Crippen molar-refractivity contribution in [3.05, 3.63) is 28.8 Å². The number of anilines is 1. The highest BCUT2D eigenvalue weighted by Gasteiger charge is 2.15. The van der Waals surface area contributed by atoms with E-state index in [0.717, 1.165) is 37.0 Å². The molecule has 120 valence electrons. The summed E-state index contributed by atoms with van der Waals surface area (Å²) < 4.78 is 5.02. The fourth-order valence-corrected chi connectivity index (χ4v) is 2.59. The summed E-state index contributed by atoms with van der Waals surface area (Å²) in [6.45, 7) is 12.3. The topological polar surface area (TPSA) is 24.5 Å². The second kappa shape index (κ2) is 9.29. The van der Waals surface area contributed by atoms with E-state index in [-0.39, 0.29) is 0 Å². The number of benzene rings is 1. The van der Waals surface area contributed by atoms with Crippen molar-refractivity contribution >= 4 is 17.3 Å². The molecule has 0 atom stereocenters. The zero-order chi connectivity index (χ0) is 15.8. The van der Waals surface area contributed by atoms with E-state index in [1.165, 1.54) is 5.56 Å².